The summed E-state index contributed by atoms with van der Waals surface area (Å²) in [7, 11) is 0. The first kappa shape index (κ1) is 10.2. The van der Waals surface area contributed by atoms with Gasteiger partial charge in [-0.15, -0.1) is 12.4 Å². The standard InChI is InChI=1S/C6H8O4.ClH/c7-5(8)3-1-4(2-3)6(9)10;/h3-4H,1-2H2,(H,7,8)(H,9,10);1H. The van der Waals surface area contributed by atoms with E-state index in [1.165, 1.54) is 0 Å². The molecule has 64 valence electrons. The van der Waals surface area contributed by atoms with Gasteiger partial charge in [-0.3, -0.25) is 9.59 Å². The Kier molecular flexibility index (Phi) is 3.32. The van der Waals surface area contributed by atoms with E-state index in [1.54, 1.807) is 0 Å². The van der Waals surface area contributed by atoms with Crippen LogP contribution < -0.4 is 0 Å². The number of carboxylic acids is 2. The number of carboxylic acid groups (broad SMARTS) is 2. The number of carbonyl (C=O) groups is 2. The monoisotopic (exact) mass is 180 g/mol. The van der Waals surface area contributed by atoms with Crippen LogP contribution in [-0.4, -0.2) is 22.2 Å². The Bertz CT molecular complexity index is 155. The zero-order valence-corrected chi connectivity index (χ0v) is 6.50. The van der Waals surface area contributed by atoms with Crippen LogP contribution in [0.1, 0.15) is 12.8 Å². The number of hydrogen-bond donors (Lipinski definition) is 2. The van der Waals surface area contributed by atoms with Crippen molar-refractivity contribution in [2.45, 2.75) is 12.8 Å². The molecule has 11 heavy (non-hydrogen) atoms. The molecule has 2 N–H and O–H groups in total. The molecule has 1 rings (SSSR count). The van der Waals surface area contributed by atoms with Crippen LogP contribution in [0.2, 0.25) is 0 Å². The summed E-state index contributed by atoms with van der Waals surface area (Å²) in [6, 6.07) is 0. The lowest BCUT2D eigenvalue weighted by Crippen LogP contribution is -2.34. The smallest absolute Gasteiger partial charge is 0.306 e. The molecule has 1 saturated carbocycles. The number of rotatable bonds is 2. The van der Waals surface area contributed by atoms with Crippen LogP contribution in [0.5, 0.6) is 0 Å². The van der Waals surface area contributed by atoms with Crippen molar-refractivity contribution in [3.8, 4) is 0 Å². The number of aliphatic carboxylic acids is 2. The molecule has 0 bridgehead atoms. The van der Waals surface area contributed by atoms with Crippen LogP contribution in [-0.2, 0) is 9.59 Å². The summed E-state index contributed by atoms with van der Waals surface area (Å²) in [4.78, 5) is 20.3. The molecule has 0 amide bonds. The van der Waals surface area contributed by atoms with Crippen molar-refractivity contribution < 1.29 is 19.8 Å². The fourth-order valence-corrected chi connectivity index (χ4v) is 1.02. The Hall–Kier alpha value is -0.770. The summed E-state index contributed by atoms with van der Waals surface area (Å²) in [5.41, 5.74) is 0. The first-order valence-electron chi connectivity index (χ1n) is 3.07. The van der Waals surface area contributed by atoms with Gasteiger partial charge in [0.2, 0.25) is 0 Å². The maximum Gasteiger partial charge on any atom is 0.306 e. The van der Waals surface area contributed by atoms with Gasteiger partial charge in [-0.05, 0) is 12.8 Å². The highest BCUT2D eigenvalue weighted by molar-refractivity contribution is 5.85. The van der Waals surface area contributed by atoms with Gasteiger partial charge in [0.15, 0.2) is 0 Å². The van der Waals surface area contributed by atoms with Crippen LogP contribution in [0.3, 0.4) is 0 Å². The molecule has 0 atom stereocenters. The Labute approximate surface area is 69.6 Å². The minimum Gasteiger partial charge on any atom is -0.481 e. The van der Waals surface area contributed by atoms with Gasteiger partial charge >= 0.3 is 11.9 Å². The third-order valence-electron chi connectivity index (χ3n) is 1.84. The molecule has 0 aromatic carbocycles. The average Bonchev–Trinajstić information content (AvgIpc) is 1.56. The van der Waals surface area contributed by atoms with Crippen molar-refractivity contribution >= 4 is 24.3 Å². The molecule has 0 aromatic rings. The van der Waals surface area contributed by atoms with E-state index in [2.05, 4.69) is 0 Å². The van der Waals surface area contributed by atoms with E-state index in [-0.39, 0.29) is 12.4 Å². The molecule has 0 unspecified atom stereocenters. The van der Waals surface area contributed by atoms with Gasteiger partial charge in [-0.25, -0.2) is 0 Å². The highest BCUT2D eigenvalue weighted by Gasteiger charge is 2.38. The zero-order chi connectivity index (χ0) is 7.72. The van der Waals surface area contributed by atoms with Gasteiger partial charge in [0, 0.05) is 0 Å². The third-order valence-corrected chi connectivity index (χ3v) is 1.84. The molecule has 0 aromatic heterocycles. The van der Waals surface area contributed by atoms with E-state index < -0.39 is 23.8 Å². The van der Waals surface area contributed by atoms with Crippen molar-refractivity contribution in [2.24, 2.45) is 11.8 Å². The largest absolute Gasteiger partial charge is 0.481 e. The predicted octanol–water partition coefficient (Wildman–Crippen LogP) is 0.604. The maximum absolute atomic E-state index is 10.2. The van der Waals surface area contributed by atoms with Crippen LogP contribution >= 0.6 is 12.4 Å². The minimum atomic E-state index is -0.877. The van der Waals surface area contributed by atoms with Crippen molar-refractivity contribution in [2.75, 3.05) is 0 Å². The van der Waals surface area contributed by atoms with E-state index in [9.17, 15) is 9.59 Å². The van der Waals surface area contributed by atoms with Crippen molar-refractivity contribution in [1.82, 2.24) is 0 Å². The quantitative estimate of drug-likeness (QED) is 0.653. The van der Waals surface area contributed by atoms with Gasteiger partial charge in [0.1, 0.15) is 0 Å². The van der Waals surface area contributed by atoms with Crippen LogP contribution in [0.15, 0.2) is 0 Å². The Morgan fingerprint density at radius 2 is 1.27 bits per heavy atom. The summed E-state index contributed by atoms with van der Waals surface area (Å²) < 4.78 is 0. The molecule has 0 spiro atoms. The fourth-order valence-electron chi connectivity index (χ4n) is 1.02. The SMILES string of the molecule is Cl.O=C(O)C1CC(C(=O)O)C1. The van der Waals surface area contributed by atoms with Crippen molar-refractivity contribution in [3.05, 3.63) is 0 Å². The molecule has 0 aliphatic heterocycles. The molecule has 5 heteroatoms. The van der Waals surface area contributed by atoms with E-state index >= 15 is 0 Å². The average molecular weight is 181 g/mol. The second-order valence-electron chi connectivity index (χ2n) is 2.54. The lowest BCUT2D eigenvalue weighted by atomic mass is 9.75. The second-order valence-corrected chi connectivity index (χ2v) is 2.54. The normalized spacial score (nSPS) is 28.0. The highest BCUT2D eigenvalue weighted by Crippen LogP contribution is 2.33. The summed E-state index contributed by atoms with van der Waals surface area (Å²) in [5, 5.41) is 16.7. The molecule has 0 radical (unpaired) electrons. The third kappa shape index (κ3) is 2.08. The lowest BCUT2D eigenvalue weighted by molar-refractivity contribution is -0.154. The van der Waals surface area contributed by atoms with Crippen molar-refractivity contribution in [1.29, 1.82) is 0 Å². The molecule has 0 saturated heterocycles. The second kappa shape index (κ2) is 3.57. The van der Waals surface area contributed by atoms with Crippen LogP contribution in [0.4, 0.5) is 0 Å². The Morgan fingerprint density at radius 3 is 1.45 bits per heavy atom. The maximum atomic E-state index is 10.2. The van der Waals surface area contributed by atoms with Gasteiger partial charge in [0.25, 0.3) is 0 Å². The topological polar surface area (TPSA) is 74.6 Å². The molecule has 1 fully saturated rings. The summed E-state index contributed by atoms with van der Waals surface area (Å²) in [5.74, 6) is -2.59. The number of hydrogen-bond acceptors (Lipinski definition) is 2. The van der Waals surface area contributed by atoms with E-state index in [4.69, 9.17) is 10.2 Å². The minimum absolute atomic E-state index is 0. The van der Waals surface area contributed by atoms with Crippen LogP contribution in [0, 0.1) is 11.8 Å². The highest BCUT2D eigenvalue weighted by atomic mass is 35.5. The molecule has 1 aliphatic carbocycles. The first-order valence-corrected chi connectivity index (χ1v) is 3.07. The van der Waals surface area contributed by atoms with E-state index in [0.29, 0.717) is 12.8 Å². The van der Waals surface area contributed by atoms with Gasteiger partial charge < -0.3 is 10.2 Å². The van der Waals surface area contributed by atoms with Gasteiger partial charge in [-0.1, -0.05) is 0 Å². The molecular weight excluding hydrogens is 172 g/mol. The summed E-state index contributed by atoms with van der Waals surface area (Å²) in [6.07, 6.45) is 0.593. The summed E-state index contributed by atoms with van der Waals surface area (Å²) >= 11 is 0. The predicted molar refractivity (Wildman–Crippen MR) is 38.7 cm³/mol. The number of halogens is 1. The van der Waals surface area contributed by atoms with E-state index in [0.717, 1.165) is 0 Å². The van der Waals surface area contributed by atoms with Crippen molar-refractivity contribution in [3.63, 3.8) is 0 Å². The lowest BCUT2D eigenvalue weighted by Gasteiger charge is -2.28. The molecule has 4 nitrogen and oxygen atoms in total. The Balaban J connectivity index is 0.000001000. The van der Waals surface area contributed by atoms with Gasteiger partial charge in [0.05, 0.1) is 11.8 Å². The van der Waals surface area contributed by atoms with Crippen LogP contribution in [0.25, 0.3) is 0 Å². The fraction of sp³-hybridized carbons (Fsp3) is 0.667. The molecule has 0 heterocycles. The summed E-state index contributed by atoms with van der Waals surface area (Å²) in [6.45, 7) is 0. The molecule has 1 aliphatic rings. The molecular formula is C6H9ClO4. The zero-order valence-electron chi connectivity index (χ0n) is 5.69. The first-order chi connectivity index (χ1) is 4.61. The Morgan fingerprint density at radius 1 is 1.00 bits per heavy atom. The van der Waals surface area contributed by atoms with Gasteiger partial charge in [-0.2, -0.15) is 0 Å². The van der Waals surface area contributed by atoms with E-state index in [1.807, 2.05) is 0 Å².